The van der Waals surface area contributed by atoms with Gasteiger partial charge in [0.1, 0.15) is 5.82 Å². The van der Waals surface area contributed by atoms with Crippen LogP contribution in [0.5, 0.6) is 0 Å². The summed E-state index contributed by atoms with van der Waals surface area (Å²) in [6, 6.07) is 3.82. The van der Waals surface area contributed by atoms with Crippen LogP contribution in [-0.4, -0.2) is 49.3 Å². The summed E-state index contributed by atoms with van der Waals surface area (Å²) in [5.41, 5.74) is 4.18. The van der Waals surface area contributed by atoms with Crippen LogP contribution in [0.15, 0.2) is 24.9 Å². The Morgan fingerprint density at radius 3 is 3.00 bits per heavy atom. The minimum absolute atomic E-state index is 0.684. The van der Waals surface area contributed by atoms with Crippen molar-refractivity contribution in [1.82, 2.24) is 15.3 Å². The number of hydrazine groups is 1. The van der Waals surface area contributed by atoms with E-state index < -0.39 is 0 Å². The molecule has 1 aromatic heterocycles. The number of anilines is 1. The highest BCUT2D eigenvalue weighted by Crippen LogP contribution is 2.12. The third-order valence-electron chi connectivity index (χ3n) is 3.34. The maximum atomic E-state index is 5.35. The second kappa shape index (κ2) is 7.84. The summed E-state index contributed by atoms with van der Waals surface area (Å²) < 4.78 is 5.33. The molecule has 1 saturated heterocycles. The van der Waals surface area contributed by atoms with Crippen molar-refractivity contribution in [2.24, 2.45) is 5.84 Å². The molecule has 4 N–H and O–H groups in total. The first-order valence-electron chi connectivity index (χ1n) is 6.95. The molecule has 0 amide bonds. The van der Waals surface area contributed by atoms with Crippen molar-refractivity contribution in [3.63, 3.8) is 0 Å². The molecule has 1 aromatic rings. The van der Waals surface area contributed by atoms with Crippen LogP contribution in [0.2, 0.25) is 0 Å². The molecule has 2 rings (SSSR count). The first kappa shape index (κ1) is 14.8. The average molecular weight is 277 g/mol. The molecule has 6 heteroatoms. The third-order valence-corrected chi connectivity index (χ3v) is 3.34. The van der Waals surface area contributed by atoms with Crippen molar-refractivity contribution in [2.75, 3.05) is 44.7 Å². The van der Waals surface area contributed by atoms with E-state index >= 15 is 0 Å². The van der Waals surface area contributed by atoms with Crippen LogP contribution in [0.25, 0.3) is 5.70 Å². The number of aromatic nitrogens is 1. The van der Waals surface area contributed by atoms with Gasteiger partial charge in [0.05, 0.1) is 13.2 Å². The van der Waals surface area contributed by atoms with Crippen LogP contribution in [0.1, 0.15) is 12.0 Å². The van der Waals surface area contributed by atoms with Crippen LogP contribution in [0.4, 0.5) is 5.82 Å². The molecule has 110 valence electrons. The minimum atomic E-state index is 0.684. The minimum Gasteiger partial charge on any atom is -0.379 e. The molecular weight excluding hydrogens is 254 g/mol. The van der Waals surface area contributed by atoms with Crippen LogP contribution < -0.4 is 16.6 Å². The highest BCUT2D eigenvalue weighted by atomic mass is 16.5. The highest BCUT2D eigenvalue weighted by Gasteiger charge is 2.09. The SMILES string of the molecule is C=C(NN)c1ccnc(NCCCN2CCOCC2)c1. The van der Waals surface area contributed by atoms with Crippen molar-refractivity contribution >= 4 is 11.5 Å². The van der Waals surface area contributed by atoms with Crippen LogP contribution >= 0.6 is 0 Å². The Bertz CT molecular complexity index is 431. The average Bonchev–Trinajstić information content (AvgIpc) is 2.52. The number of ether oxygens (including phenoxy) is 1. The van der Waals surface area contributed by atoms with Gasteiger partial charge in [0.2, 0.25) is 0 Å². The van der Waals surface area contributed by atoms with Gasteiger partial charge in [-0.15, -0.1) is 0 Å². The molecule has 1 fully saturated rings. The number of nitrogens with one attached hydrogen (secondary N) is 2. The zero-order chi connectivity index (χ0) is 14.2. The lowest BCUT2D eigenvalue weighted by molar-refractivity contribution is 0.0378. The lowest BCUT2D eigenvalue weighted by atomic mass is 10.2. The Balaban J connectivity index is 1.72. The van der Waals surface area contributed by atoms with Crippen molar-refractivity contribution < 1.29 is 4.74 Å². The van der Waals surface area contributed by atoms with E-state index in [1.54, 1.807) is 6.20 Å². The van der Waals surface area contributed by atoms with Gasteiger partial charge in [0, 0.05) is 37.1 Å². The summed E-state index contributed by atoms with van der Waals surface area (Å²) in [6.07, 6.45) is 2.84. The first-order chi connectivity index (χ1) is 9.79. The topological polar surface area (TPSA) is 75.4 Å². The molecule has 2 heterocycles. The quantitative estimate of drug-likeness (QED) is 0.386. The molecule has 0 atom stereocenters. The Kier molecular flexibility index (Phi) is 5.79. The molecule has 0 bridgehead atoms. The van der Waals surface area contributed by atoms with Gasteiger partial charge in [-0.25, -0.2) is 4.98 Å². The number of pyridine rings is 1. The van der Waals surface area contributed by atoms with Crippen LogP contribution in [0.3, 0.4) is 0 Å². The van der Waals surface area contributed by atoms with E-state index in [4.69, 9.17) is 10.6 Å². The lowest BCUT2D eigenvalue weighted by Crippen LogP contribution is -2.37. The monoisotopic (exact) mass is 277 g/mol. The van der Waals surface area contributed by atoms with Gasteiger partial charge in [-0.3, -0.25) is 10.7 Å². The van der Waals surface area contributed by atoms with Crippen LogP contribution in [-0.2, 0) is 4.74 Å². The Morgan fingerprint density at radius 1 is 1.45 bits per heavy atom. The van der Waals surface area contributed by atoms with Gasteiger partial charge in [0.25, 0.3) is 0 Å². The number of morpholine rings is 1. The largest absolute Gasteiger partial charge is 0.379 e. The van der Waals surface area contributed by atoms with E-state index in [-0.39, 0.29) is 0 Å². The first-order valence-corrected chi connectivity index (χ1v) is 6.95. The Hall–Kier alpha value is -1.63. The summed E-state index contributed by atoms with van der Waals surface area (Å²) in [5, 5.41) is 3.32. The second-order valence-corrected chi connectivity index (χ2v) is 4.79. The standard InChI is InChI=1S/C14H23N5O/c1-12(18-15)13-3-5-17-14(11-13)16-4-2-6-19-7-9-20-10-8-19/h3,5,11,18H,1-2,4,6-10,15H2,(H,16,17). The number of rotatable bonds is 7. The summed E-state index contributed by atoms with van der Waals surface area (Å²) >= 11 is 0. The lowest BCUT2D eigenvalue weighted by Gasteiger charge is -2.26. The van der Waals surface area contributed by atoms with E-state index in [0.717, 1.165) is 57.2 Å². The van der Waals surface area contributed by atoms with Gasteiger partial charge in [0.15, 0.2) is 0 Å². The van der Waals surface area contributed by atoms with Gasteiger partial charge in [-0.1, -0.05) is 6.58 Å². The smallest absolute Gasteiger partial charge is 0.126 e. The molecule has 0 spiro atoms. The third kappa shape index (κ3) is 4.48. The van der Waals surface area contributed by atoms with Gasteiger partial charge in [-0.05, 0) is 25.1 Å². The van der Waals surface area contributed by atoms with Crippen molar-refractivity contribution in [3.05, 3.63) is 30.5 Å². The molecule has 0 saturated carbocycles. The predicted molar refractivity (Wildman–Crippen MR) is 81.0 cm³/mol. The molecule has 0 radical (unpaired) electrons. The second-order valence-electron chi connectivity index (χ2n) is 4.79. The molecule has 6 nitrogen and oxygen atoms in total. The fourth-order valence-corrected chi connectivity index (χ4v) is 2.14. The number of nitrogens with zero attached hydrogens (tertiary/aromatic N) is 2. The molecule has 0 aromatic carbocycles. The molecular formula is C14H23N5O. The van der Waals surface area contributed by atoms with Gasteiger partial charge in [-0.2, -0.15) is 0 Å². The van der Waals surface area contributed by atoms with E-state index in [1.165, 1.54) is 0 Å². The Morgan fingerprint density at radius 2 is 2.25 bits per heavy atom. The van der Waals surface area contributed by atoms with Gasteiger partial charge < -0.3 is 15.5 Å². The normalized spacial score (nSPS) is 15.8. The zero-order valence-corrected chi connectivity index (χ0v) is 11.8. The van der Waals surface area contributed by atoms with E-state index in [0.29, 0.717) is 5.70 Å². The highest BCUT2D eigenvalue weighted by molar-refractivity contribution is 5.63. The van der Waals surface area contributed by atoms with Crippen molar-refractivity contribution in [3.8, 4) is 0 Å². The summed E-state index contributed by atoms with van der Waals surface area (Å²) in [5.74, 6) is 6.20. The summed E-state index contributed by atoms with van der Waals surface area (Å²) in [4.78, 5) is 6.71. The molecule has 0 unspecified atom stereocenters. The zero-order valence-electron chi connectivity index (χ0n) is 11.8. The van der Waals surface area contributed by atoms with Gasteiger partial charge >= 0.3 is 0 Å². The molecule has 1 aliphatic heterocycles. The fraction of sp³-hybridized carbons (Fsp3) is 0.500. The number of hydrogen-bond acceptors (Lipinski definition) is 6. The maximum Gasteiger partial charge on any atom is 0.126 e. The van der Waals surface area contributed by atoms with Crippen molar-refractivity contribution in [2.45, 2.75) is 6.42 Å². The predicted octanol–water partition coefficient (Wildman–Crippen LogP) is 0.650. The van der Waals surface area contributed by atoms with E-state index in [2.05, 4.69) is 27.2 Å². The summed E-state index contributed by atoms with van der Waals surface area (Å²) in [7, 11) is 0. The summed E-state index contributed by atoms with van der Waals surface area (Å²) in [6.45, 7) is 9.60. The Labute approximate surface area is 120 Å². The van der Waals surface area contributed by atoms with Crippen LogP contribution in [0, 0.1) is 0 Å². The van der Waals surface area contributed by atoms with E-state index in [9.17, 15) is 0 Å². The molecule has 0 aliphatic carbocycles. The molecule has 20 heavy (non-hydrogen) atoms. The maximum absolute atomic E-state index is 5.35. The van der Waals surface area contributed by atoms with E-state index in [1.807, 2.05) is 12.1 Å². The number of hydrogen-bond donors (Lipinski definition) is 3. The number of nitrogens with two attached hydrogens (primary N) is 1. The fourth-order valence-electron chi connectivity index (χ4n) is 2.14. The molecule has 1 aliphatic rings. The van der Waals surface area contributed by atoms with Crippen molar-refractivity contribution in [1.29, 1.82) is 0 Å².